The van der Waals surface area contributed by atoms with Crippen LogP contribution in [0.4, 0.5) is 5.13 Å². The largest absolute Gasteiger partial charge is 0.497 e. The standard InChI is InChI=1S/C16H17N3O3S/c1-10-15(23-16(17-10)19-18-11(2)20)14(21)9-6-12-4-7-13(22-3)8-5-12/h4-9H,1-3H3,(H,17,19)(H,18,20)/b9-6+. The van der Waals surface area contributed by atoms with Gasteiger partial charge in [-0.2, -0.15) is 0 Å². The van der Waals surface area contributed by atoms with Crippen molar-refractivity contribution in [2.24, 2.45) is 0 Å². The van der Waals surface area contributed by atoms with Crippen molar-refractivity contribution in [3.63, 3.8) is 0 Å². The lowest BCUT2D eigenvalue weighted by molar-refractivity contribution is -0.118. The number of methoxy groups -OCH3 is 1. The summed E-state index contributed by atoms with van der Waals surface area (Å²) in [6.45, 7) is 3.14. The molecule has 0 aliphatic carbocycles. The molecule has 2 N–H and O–H groups in total. The van der Waals surface area contributed by atoms with Crippen LogP contribution < -0.4 is 15.6 Å². The van der Waals surface area contributed by atoms with E-state index in [1.807, 2.05) is 24.3 Å². The lowest BCUT2D eigenvalue weighted by Crippen LogP contribution is -2.26. The Morgan fingerprint density at radius 3 is 2.57 bits per heavy atom. The van der Waals surface area contributed by atoms with E-state index in [1.165, 1.54) is 24.3 Å². The summed E-state index contributed by atoms with van der Waals surface area (Å²) in [5, 5.41) is 0.471. The first kappa shape index (κ1) is 16.7. The van der Waals surface area contributed by atoms with E-state index in [1.54, 1.807) is 20.1 Å². The summed E-state index contributed by atoms with van der Waals surface area (Å²) in [6, 6.07) is 7.40. The van der Waals surface area contributed by atoms with Crippen LogP contribution in [-0.2, 0) is 4.79 Å². The van der Waals surface area contributed by atoms with Gasteiger partial charge in [0.05, 0.1) is 17.7 Å². The molecule has 0 unspecified atom stereocenters. The summed E-state index contributed by atoms with van der Waals surface area (Å²) in [4.78, 5) is 27.9. The minimum absolute atomic E-state index is 0.133. The van der Waals surface area contributed by atoms with Crippen molar-refractivity contribution < 1.29 is 14.3 Å². The number of hydrazine groups is 1. The lowest BCUT2D eigenvalue weighted by Gasteiger charge is -2.00. The van der Waals surface area contributed by atoms with Crippen molar-refractivity contribution in [3.8, 4) is 5.75 Å². The van der Waals surface area contributed by atoms with E-state index in [0.29, 0.717) is 15.7 Å². The molecule has 1 aromatic carbocycles. The molecule has 0 fully saturated rings. The molecule has 2 rings (SSSR count). The molecule has 7 heteroatoms. The molecule has 0 saturated heterocycles. The maximum atomic E-state index is 12.3. The van der Waals surface area contributed by atoms with E-state index >= 15 is 0 Å². The van der Waals surface area contributed by atoms with E-state index in [4.69, 9.17) is 4.74 Å². The van der Waals surface area contributed by atoms with Gasteiger partial charge in [-0.15, -0.1) is 0 Å². The van der Waals surface area contributed by atoms with Gasteiger partial charge in [0.2, 0.25) is 11.0 Å². The van der Waals surface area contributed by atoms with Gasteiger partial charge in [-0.05, 0) is 30.7 Å². The molecular weight excluding hydrogens is 314 g/mol. The SMILES string of the molecule is COc1ccc(/C=C/C(=O)c2sc(NNC(C)=O)nc2C)cc1. The predicted molar refractivity (Wildman–Crippen MR) is 90.6 cm³/mol. The van der Waals surface area contributed by atoms with E-state index in [-0.39, 0.29) is 11.7 Å². The Labute approximate surface area is 138 Å². The molecule has 2 aromatic rings. The summed E-state index contributed by atoms with van der Waals surface area (Å²) in [6.07, 6.45) is 3.24. The summed E-state index contributed by atoms with van der Waals surface area (Å²) in [7, 11) is 1.60. The Hall–Kier alpha value is -2.67. The first-order chi connectivity index (χ1) is 11.0. The Morgan fingerprint density at radius 2 is 1.96 bits per heavy atom. The summed E-state index contributed by atoms with van der Waals surface area (Å²) >= 11 is 1.19. The maximum Gasteiger partial charge on any atom is 0.235 e. The number of hydrogen-bond donors (Lipinski definition) is 2. The first-order valence-electron chi connectivity index (χ1n) is 6.86. The minimum Gasteiger partial charge on any atom is -0.497 e. The fraction of sp³-hybridized carbons (Fsp3) is 0.188. The molecule has 0 bridgehead atoms. The number of hydrogen-bond acceptors (Lipinski definition) is 6. The number of benzene rings is 1. The number of amides is 1. The highest BCUT2D eigenvalue weighted by Gasteiger charge is 2.13. The number of aromatic nitrogens is 1. The second-order valence-corrected chi connectivity index (χ2v) is 5.71. The molecule has 0 saturated carbocycles. The van der Waals surface area contributed by atoms with Crippen LogP contribution in [0.1, 0.15) is 27.9 Å². The van der Waals surface area contributed by atoms with Crippen LogP contribution >= 0.6 is 11.3 Å². The lowest BCUT2D eigenvalue weighted by atomic mass is 10.1. The van der Waals surface area contributed by atoms with Crippen LogP contribution in [0.3, 0.4) is 0 Å². The van der Waals surface area contributed by atoms with Gasteiger partial charge >= 0.3 is 0 Å². The van der Waals surface area contributed by atoms with Crippen LogP contribution in [0, 0.1) is 6.92 Å². The molecule has 0 aliphatic rings. The number of nitrogens with zero attached hydrogens (tertiary/aromatic N) is 1. The van der Waals surface area contributed by atoms with Gasteiger partial charge in [0.25, 0.3) is 0 Å². The summed E-state index contributed by atoms with van der Waals surface area (Å²) in [5.74, 6) is 0.400. The molecule has 6 nitrogen and oxygen atoms in total. The Balaban J connectivity index is 2.07. The van der Waals surface area contributed by atoms with Crippen LogP contribution in [0.2, 0.25) is 0 Å². The average molecular weight is 331 g/mol. The third-order valence-electron chi connectivity index (χ3n) is 2.91. The van der Waals surface area contributed by atoms with Gasteiger partial charge in [0.15, 0.2) is 5.78 Å². The van der Waals surface area contributed by atoms with Gasteiger partial charge in [-0.1, -0.05) is 29.5 Å². The topological polar surface area (TPSA) is 80.3 Å². The van der Waals surface area contributed by atoms with Crippen molar-refractivity contribution in [1.82, 2.24) is 10.4 Å². The first-order valence-corrected chi connectivity index (χ1v) is 7.67. The molecule has 23 heavy (non-hydrogen) atoms. The maximum absolute atomic E-state index is 12.3. The fourth-order valence-electron chi connectivity index (χ4n) is 1.78. The number of ether oxygens (including phenoxy) is 1. The Kier molecular flexibility index (Phi) is 5.48. The van der Waals surface area contributed by atoms with Gasteiger partial charge in [0, 0.05) is 6.92 Å². The van der Waals surface area contributed by atoms with Crippen molar-refractivity contribution >= 4 is 34.2 Å². The van der Waals surface area contributed by atoms with Crippen LogP contribution in [-0.4, -0.2) is 23.8 Å². The second-order valence-electron chi connectivity index (χ2n) is 4.71. The van der Waals surface area contributed by atoms with E-state index < -0.39 is 0 Å². The average Bonchev–Trinajstić information content (AvgIpc) is 2.92. The number of anilines is 1. The monoisotopic (exact) mass is 331 g/mol. The number of nitrogens with one attached hydrogen (secondary N) is 2. The zero-order valence-corrected chi connectivity index (χ0v) is 13.9. The normalized spacial score (nSPS) is 10.6. The highest BCUT2D eigenvalue weighted by Crippen LogP contribution is 2.23. The number of allylic oxidation sites excluding steroid dienone is 1. The minimum atomic E-state index is -0.231. The fourth-order valence-corrected chi connectivity index (χ4v) is 2.62. The molecular formula is C16H17N3O3S. The number of carbonyl (C=O) groups is 2. The molecule has 0 spiro atoms. The number of carbonyl (C=O) groups excluding carboxylic acids is 2. The van der Waals surface area contributed by atoms with Crippen molar-refractivity contribution in [1.29, 1.82) is 0 Å². The Bertz CT molecular complexity index is 736. The van der Waals surface area contributed by atoms with Crippen molar-refractivity contribution in [3.05, 3.63) is 46.5 Å². The third kappa shape index (κ3) is 4.65. The smallest absolute Gasteiger partial charge is 0.235 e. The third-order valence-corrected chi connectivity index (χ3v) is 4.00. The molecule has 120 valence electrons. The molecule has 1 amide bonds. The van der Waals surface area contributed by atoms with Crippen LogP contribution in [0.15, 0.2) is 30.3 Å². The summed E-state index contributed by atoms with van der Waals surface area (Å²) < 4.78 is 5.09. The second kappa shape index (κ2) is 7.55. The van der Waals surface area contributed by atoms with E-state index in [0.717, 1.165) is 11.3 Å². The predicted octanol–water partition coefficient (Wildman–Crippen LogP) is 2.82. The molecule has 1 aromatic heterocycles. The zero-order valence-electron chi connectivity index (χ0n) is 13.0. The number of ketones is 1. The number of thiazole rings is 1. The number of aryl methyl sites for hydroxylation is 1. The van der Waals surface area contributed by atoms with E-state index in [9.17, 15) is 9.59 Å². The van der Waals surface area contributed by atoms with Gasteiger partial charge in [0.1, 0.15) is 5.75 Å². The molecule has 0 radical (unpaired) electrons. The molecule has 1 heterocycles. The molecule has 0 atom stereocenters. The Morgan fingerprint density at radius 1 is 1.26 bits per heavy atom. The van der Waals surface area contributed by atoms with Crippen molar-refractivity contribution in [2.45, 2.75) is 13.8 Å². The van der Waals surface area contributed by atoms with Crippen molar-refractivity contribution in [2.75, 3.05) is 12.5 Å². The van der Waals surface area contributed by atoms with Crippen LogP contribution in [0.25, 0.3) is 6.08 Å². The number of rotatable bonds is 6. The highest BCUT2D eigenvalue weighted by molar-refractivity contribution is 7.17. The van der Waals surface area contributed by atoms with Gasteiger partial charge in [-0.25, -0.2) is 4.98 Å². The summed E-state index contributed by atoms with van der Waals surface area (Å²) in [5.41, 5.74) is 6.61. The van der Waals surface area contributed by atoms with Gasteiger partial charge < -0.3 is 4.74 Å². The zero-order chi connectivity index (χ0) is 16.8. The quantitative estimate of drug-likeness (QED) is 0.483. The highest BCUT2D eigenvalue weighted by atomic mass is 32.1. The van der Waals surface area contributed by atoms with Crippen LogP contribution in [0.5, 0.6) is 5.75 Å². The van der Waals surface area contributed by atoms with E-state index in [2.05, 4.69) is 15.8 Å². The van der Waals surface area contributed by atoms with Gasteiger partial charge in [-0.3, -0.25) is 20.4 Å². The molecule has 0 aliphatic heterocycles.